The van der Waals surface area contributed by atoms with Gasteiger partial charge in [0.25, 0.3) is 0 Å². The van der Waals surface area contributed by atoms with Crippen LogP contribution in [0.15, 0.2) is 47.5 Å². The quantitative estimate of drug-likeness (QED) is 0.589. The fourth-order valence-electron chi connectivity index (χ4n) is 4.30. The van der Waals surface area contributed by atoms with Gasteiger partial charge in [-0.05, 0) is 68.0 Å². The average Bonchev–Trinajstić information content (AvgIpc) is 3.10. The lowest BCUT2D eigenvalue weighted by Crippen LogP contribution is -2.38. The summed E-state index contributed by atoms with van der Waals surface area (Å²) in [5.74, 6) is 0.126. The van der Waals surface area contributed by atoms with Crippen LogP contribution in [0.4, 0.5) is 5.69 Å². The summed E-state index contributed by atoms with van der Waals surface area (Å²) in [6.07, 6.45) is 3.92. The lowest BCUT2D eigenvalue weighted by molar-refractivity contribution is 0.574. The second-order valence-corrected chi connectivity index (χ2v) is 11.7. The Bertz CT molecular complexity index is 1300. The minimum atomic E-state index is -3.73. The van der Waals surface area contributed by atoms with Crippen LogP contribution in [-0.4, -0.2) is 40.7 Å². The van der Waals surface area contributed by atoms with Gasteiger partial charge < -0.3 is 4.98 Å². The fraction of sp³-hybridized carbons (Fsp3) is 0.364. The standard InChI is InChI=1S/C22H27N3O4S2/c1-16-13-19(25-11-5-6-12-30(25,26)27)14-17(2)22(16)31(28,29)24-10-9-18-15-23-21-8-4-3-7-20(18)21/h3-4,7-8,13-15,23-24H,5-6,9-12H2,1-2H3. The monoisotopic (exact) mass is 461 g/mol. The Hall–Kier alpha value is -2.36. The summed E-state index contributed by atoms with van der Waals surface area (Å²) in [5.41, 5.74) is 3.69. The molecule has 3 aromatic rings. The molecule has 9 heteroatoms. The van der Waals surface area contributed by atoms with E-state index in [2.05, 4.69) is 9.71 Å². The van der Waals surface area contributed by atoms with Gasteiger partial charge in [0.2, 0.25) is 20.0 Å². The molecule has 7 nitrogen and oxygen atoms in total. The van der Waals surface area contributed by atoms with Crippen molar-refractivity contribution in [1.82, 2.24) is 9.71 Å². The second-order valence-electron chi connectivity index (χ2n) is 8.01. The smallest absolute Gasteiger partial charge is 0.241 e. The fourth-order valence-corrected chi connectivity index (χ4v) is 7.41. The number of anilines is 1. The van der Waals surface area contributed by atoms with E-state index in [4.69, 9.17) is 0 Å². The number of para-hydroxylation sites is 1. The minimum Gasteiger partial charge on any atom is -0.361 e. The van der Waals surface area contributed by atoms with E-state index in [0.717, 1.165) is 22.9 Å². The maximum Gasteiger partial charge on any atom is 0.241 e. The molecule has 0 saturated carbocycles. The van der Waals surface area contributed by atoms with E-state index in [1.165, 1.54) is 4.31 Å². The highest BCUT2D eigenvalue weighted by atomic mass is 32.2. The number of fused-ring (bicyclic) bond motifs is 1. The van der Waals surface area contributed by atoms with Crippen molar-refractivity contribution in [3.8, 4) is 0 Å². The molecule has 2 N–H and O–H groups in total. The van der Waals surface area contributed by atoms with E-state index in [-0.39, 0.29) is 17.2 Å². The van der Waals surface area contributed by atoms with Crippen LogP contribution in [0.3, 0.4) is 0 Å². The van der Waals surface area contributed by atoms with Gasteiger partial charge in [0.05, 0.1) is 16.3 Å². The molecule has 0 radical (unpaired) electrons. The van der Waals surface area contributed by atoms with Crippen molar-refractivity contribution in [3.63, 3.8) is 0 Å². The van der Waals surface area contributed by atoms with E-state index in [1.54, 1.807) is 26.0 Å². The molecule has 2 heterocycles. The van der Waals surface area contributed by atoms with E-state index in [9.17, 15) is 16.8 Å². The van der Waals surface area contributed by atoms with Crippen LogP contribution in [0.25, 0.3) is 10.9 Å². The summed E-state index contributed by atoms with van der Waals surface area (Å²) in [6.45, 7) is 4.12. The number of nitrogens with zero attached hydrogens (tertiary/aromatic N) is 1. The van der Waals surface area contributed by atoms with Crippen LogP contribution in [0.5, 0.6) is 0 Å². The Balaban J connectivity index is 1.54. The van der Waals surface area contributed by atoms with Gasteiger partial charge >= 0.3 is 0 Å². The van der Waals surface area contributed by atoms with E-state index >= 15 is 0 Å². The molecule has 1 saturated heterocycles. The normalized spacial score (nSPS) is 16.6. The topological polar surface area (TPSA) is 99.3 Å². The number of rotatable bonds is 6. The summed E-state index contributed by atoms with van der Waals surface area (Å²) in [5, 5.41) is 1.08. The Labute approximate surface area is 183 Å². The van der Waals surface area contributed by atoms with Crippen molar-refractivity contribution in [2.45, 2.75) is 38.0 Å². The zero-order chi connectivity index (χ0) is 22.2. The molecule has 2 aromatic carbocycles. The maximum absolute atomic E-state index is 13.0. The number of hydrogen-bond acceptors (Lipinski definition) is 4. The third kappa shape index (κ3) is 4.35. The van der Waals surface area contributed by atoms with Gasteiger partial charge in [-0.3, -0.25) is 4.31 Å². The van der Waals surface area contributed by atoms with Crippen molar-refractivity contribution in [1.29, 1.82) is 0 Å². The molecule has 4 rings (SSSR count). The summed E-state index contributed by atoms with van der Waals surface area (Å²) in [4.78, 5) is 3.41. The van der Waals surface area contributed by atoms with E-state index in [1.807, 2.05) is 30.5 Å². The van der Waals surface area contributed by atoms with Crippen LogP contribution in [0.1, 0.15) is 29.5 Å². The van der Waals surface area contributed by atoms with Crippen LogP contribution in [-0.2, 0) is 26.5 Å². The number of H-pyrrole nitrogens is 1. The zero-order valence-electron chi connectivity index (χ0n) is 17.7. The van der Waals surface area contributed by atoms with Gasteiger partial charge in [0.15, 0.2) is 0 Å². The number of sulfonamides is 2. The third-order valence-corrected chi connectivity index (χ3v) is 9.35. The first-order chi connectivity index (χ1) is 14.7. The molecule has 0 atom stereocenters. The number of benzene rings is 2. The van der Waals surface area contributed by atoms with Crippen molar-refractivity contribution in [2.75, 3.05) is 23.1 Å². The maximum atomic E-state index is 13.0. The molecule has 0 bridgehead atoms. The number of aromatic amines is 1. The number of aromatic nitrogens is 1. The first-order valence-electron chi connectivity index (χ1n) is 10.4. The summed E-state index contributed by atoms with van der Waals surface area (Å²) in [6, 6.07) is 11.2. The summed E-state index contributed by atoms with van der Waals surface area (Å²) < 4.78 is 55.0. The van der Waals surface area contributed by atoms with Crippen molar-refractivity contribution in [2.24, 2.45) is 0 Å². The predicted molar refractivity (Wildman–Crippen MR) is 123 cm³/mol. The Morgan fingerprint density at radius 2 is 1.81 bits per heavy atom. The number of nitrogens with one attached hydrogen (secondary N) is 2. The van der Waals surface area contributed by atoms with Gasteiger partial charge in [0, 0.05) is 30.2 Å². The van der Waals surface area contributed by atoms with Crippen LogP contribution in [0, 0.1) is 13.8 Å². The van der Waals surface area contributed by atoms with Gasteiger partial charge in [-0.2, -0.15) is 0 Å². The highest BCUT2D eigenvalue weighted by Crippen LogP contribution is 2.30. The molecule has 0 aliphatic carbocycles. The molecule has 1 aliphatic heterocycles. The lowest BCUT2D eigenvalue weighted by atomic mass is 10.1. The number of aryl methyl sites for hydroxylation is 2. The Kier molecular flexibility index (Phi) is 5.85. The zero-order valence-corrected chi connectivity index (χ0v) is 19.3. The summed E-state index contributed by atoms with van der Waals surface area (Å²) >= 11 is 0. The van der Waals surface area contributed by atoms with Crippen molar-refractivity contribution >= 4 is 36.6 Å². The van der Waals surface area contributed by atoms with Crippen LogP contribution < -0.4 is 9.03 Å². The molecule has 1 aliphatic rings. The van der Waals surface area contributed by atoms with Crippen molar-refractivity contribution in [3.05, 3.63) is 59.3 Å². The van der Waals surface area contributed by atoms with Crippen LogP contribution in [0.2, 0.25) is 0 Å². The largest absolute Gasteiger partial charge is 0.361 e. The first-order valence-corrected chi connectivity index (χ1v) is 13.4. The summed E-state index contributed by atoms with van der Waals surface area (Å²) in [7, 11) is -7.08. The highest BCUT2D eigenvalue weighted by Gasteiger charge is 2.28. The van der Waals surface area contributed by atoms with Gasteiger partial charge in [0.1, 0.15) is 0 Å². The SMILES string of the molecule is Cc1cc(N2CCCCS2(=O)=O)cc(C)c1S(=O)(=O)NCCc1c[nH]c2ccccc12. The predicted octanol–water partition coefficient (Wildman–Crippen LogP) is 3.24. The molecule has 0 unspecified atom stereocenters. The first kappa shape index (κ1) is 21.9. The van der Waals surface area contributed by atoms with Crippen molar-refractivity contribution < 1.29 is 16.8 Å². The van der Waals surface area contributed by atoms with Gasteiger partial charge in [-0.15, -0.1) is 0 Å². The second kappa shape index (κ2) is 8.29. The molecule has 166 valence electrons. The van der Waals surface area contributed by atoms with Gasteiger partial charge in [-0.1, -0.05) is 18.2 Å². The molecular weight excluding hydrogens is 434 g/mol. The van der Waals surface area contributed by atoms with Crippen LogP contribution >= 0.6 is 0 Å². The Morgan fingerprint density at radius 1 is 1.10 bits per heavy atom. The molecule has 31 heavy (non-hydrogen) atoms. The Morgan fingerprint density at radius 3 is 2.52 bits per heavy atom. The minimum absolute atomic E-state index is 0.126. The highest BCUT2D eigenvalue weighted by molar-refractivity contribution is 7.92. The third-order valence-electron chi connectivity index (χ3n) is 5.71. The van der Waals surface area contributed by atoms with E-state index in [0.29, 0.717) is 36.2 Å². The van der Waals surface area contributed by atoms with Gasteiger partial charge in [-0.25, -0.2) is 21.6 Å². The van der Waals surface area contributed by atoms with E-state index < -0.39 is 20.0 Å². The molecule has 0 spiro atoms. The molecule has 0 amide bonds. The number of hydrogen-bond donors (Lipinski definition) is 2. The molecule has 1 aromatic heterocycles. The molecule has 1 fully saturated rings. The lowest BCUT2D eigenvalue weighted by Gasteiger charge is -2.29. The average molecular weight is 462 g/mol. The molecular formula is C22H27N3O4S2.